The molecule has 36 nitrogen and oxygen atoms in total. The number of nitrogens with zero attached hydrogens (tertiary/aromatic N) is 13. The smallest absolute Gasteiger partial charge is 0.334 e. The van der Waals surface area contributed by atoms with E-state index in [1.54, 1.807) is 198 Å². The van der Waals surface area contributed by atoms with Crippen molar-refractivity contribution in [2.45, 2.75) is 104 Å². The van der Waals surface area contributed by atoms with Gasteiger partial charge in [-0.3, -0.25) is 24.0 Å². The second kappa shape index (κ2) is 55.4. The number of amides is 2. The molecule has 15 aromatic rings. The second-order valence-electron chi connectivity index (χ2n) is 32.2. The number of aliphatic hydroxyl groups excluding tert-OH is 3. The molecule has 0 bridgehead atoms. The Bertz CT molecular complexity index is 6510. The average molecular weight is 2060 g/mol. The number of benzene rings is 7. The third kappa shape index (κ3) is 37.0. The van der Waals surface area contributed by atoms with Crippen LogP contribution in [0.5, 0.6) is 58.1 Å². The van der Waals surface area contributed by atoms with Gasteiger partial charge in [0.25, 0.3) is 11.8 Å². The zero-order valence-corrected chi connectivity index (χ0v) is 81.5. The van der Waals surface area contributed by atoms with E-state index in [4.69, 9.17) is 146 Å². The maximum absolute atomic E-state index is 12.5. The predicted octanol–water partition coefficient (Wildman–Crippen LogP) is 20.0. The van der Waals surface area contributed by atoms with Crippen LogP contribution in [0.15, 0.2) is 287 Å². The van der Waals surface area contributed by atoms with Crippen molar-refractivity contribution in [2.75, 3.05) is 19.8 Å². The summed E-state index contributed by atoms with van der Waals surface area (Å²) in [4.78, 5) is 110. The maximum Gasteiger partial charge on any atom is 0.334 e. The number of nitrogens with one attached hydrogen (secondary N) is 1. The molecule has 8 aromatic heterocycles. The van der Waals surface area contributed by atoms with Gasteiger partial charge in [0.2, 0.25) is 64.5 Å². The molecule has 1 aliphatic rings. The van der Waals surface area contributed by atoms with E-state index in [0.717, 1.165) is 27.8 Å². The van der Waals surface area contributed by atoms with Crippen LogP contribution in [-0.4, -0.2) is 149 Å². The molecule has 0 saturated carbocycles. The Labute approximate surface area is 850 Å². The topological polar surface area (TPSA) is 504 Å². The molecule has 7 aromatic carbocycles. The van der Waals surface area contributed by atoms with Crippen LogP contribution < -0.4 is 29.4 Å². The fraction of sp³-hybridized carbons (Fsp3) is 0.214. The van der Waals surface area contributed by atoms with E-state index in [0.29, 0.717) is 154 Å². The fourth-order valence-corrected chi connectivity index (χ4v) is 12.6. The van der Waals surface area contributed by atoms with Crippen LogP contribution in [0.3, 0.4) is 0 Å². The first-order valence-corrected chi connectivity index (χ1v) is 46.0. The molecule has 0 spiro atoms. The molecule has 4 atom stereocenters. The zero-order valence-electron chi connectivity index (χ0n) is 77.7. The molecule has 9 heterocycles. The largest absolute Gasteiger partial charge is 0.461 e. The average Bonchev–Trinajstić information content (AvgIpc) is 1.31. The minimum atomic E-state index is -1.19. The highest BCUT2D eigenvalue weighted by molar-refractivity contribution is 6.31. The van der Waals surface area contributed by atoms with Crippen molar-refractivity contribution in [3.8, 4) is 98.4 Å². The minimum absolute atomic E-state index is 0.0391. The zero-order chi connectivity index (χ0) is 103. The Morgan fingerprint density at radius 2 is 0.792 bits per heavy atom. The lowest BCUT2D eigenvalue weighted by atomic mass is 10.0. The number of carbonyl (C=O) groups is 6. The Balaban J connectivity index is 0.000000167. The van der Waals surface area contributed by atoms with Crippen molar-refractivity contribution in [1.29, 1.82) is 10.7 Å². The summed E-state index contributed by atoms with van der Waals surface area (Å²) < 4.78 is 59.3. The Hall–Kier alpha value is -15.8. The molecule has 0 unspecified atom stereocenters. The first-order chi connectivity index (χ1) is 69.3. The number of esters is 3. The highest BCUT2D eigenvalue weighted by atomic mass is 35.5. The SMILES string of the molecule is CC(C)(C)OC(=O)C[C@@H](CC(=O)ON1C(=O)CCC1=O)C(=O)OCc1ccccc1.C[C@@H](Cc1nc(-c2ccc(Oc3ccc(Cl)cn3)cc2)no1)C(=O)OCc1ccccc1.C[C@H](CO)Cc1nc(-c2ccc(Oc3ccc(Cl)cn3)cc2)no1.N#Cc1ccc(Oc2ccc(Cl)cn2)cc1.N=C(CO)c1ccc(Oc2ccc(Cl)cn2)cc1.N[C@H](CO)Cc1nc(-c2ccc(Oc3ccc(Cl)cn3)cc2)no1. The summed E-state index contributed by atoms with van der Waals surface area (Å²) in [6.45, 7) is 8.58. The van der Waals surface area contributed by atoms with Gasteiger partial charge in [0.15, 0.2) is 0 Å². The number of nitriles is 1. The second-order valence-corrected chi connectivity index (χ2v) is 34.3. The van der Waals surface area contributed by atoms with E-state index < -0.39 is 66.0 Å². The molecular weight excluding hydrogens is 1960 g/mol. The summed E-state index contributed by atoms with van der Waals surface area (Å²) in [5.74, 6) is 2.48. The summed E-state index contributed by atoms with van der Waals surface area (Å²) in [5.41, 5.74) is 10.3. The van der Waals surface area contributed by atoms with E-state index in [1.165, 1.54) is 31.0 Å². The quantitative estimate of drug-likeness (QED) is 0.0108. The van der Waals surface area contributed by atoms with E-state index in [9.17, 15) is 28.8 Å². The molecule has 742 valence electrons. The van der Waals surface area contributed by atoms with Gasteiger partial charge in [-0.15, -0.1) is 5.06 Å². The Morgan fingerprint density at radius 3 is 1.12 bits per heavy atom. The lowest BCUT2D eigenvalue weighted by molar-refractivity contribution is -0.198. The number of halogens is 5. The van der Waals surface area contributed by atoms with Crippen molar-refractivity contribution < 1.29 is 100 Å². The predicted molar refractivity (Wildman–Crippen MR) is 527 cm³/mol. The molecule has 144 heavy (non-hydrogen) atoms. The number of pyridine rings is 5. The number of carbonyl (C=O) groups excluding carboxylic acids is 6. The molecule has 1 saturated heterocycles. The van der Waals surface area contributed by atoms with E-state index in [2.05, 4.69) is 55.3 Å². The lowest BCUT2D eigenvalue weighted by Gasteiger charge is -2.22. The van der Waals surface area contributed by atoms with Gasteiger partial charge in [-0.1, -0.05) is 148 Å². The molecule has 1 fully saturated rings. The summed E-state index contributed by atoms with van der Waals surface area (Å²) in [6, 6.07) is 72.3. The fourth-order valence-electron chi connectivity index (χ4n) is 12.0. The van der Waals surface area contributed by atoms with Crippen LogP contribution in [0, 0.1) is 34.5 Å². The molecule has 0 radical (unpaired) electrons. The first kappa shape index (κ1) is 109. The number of hydrogen-bond donors (Lipinski definition) is 5. The number of hydroxylamine groups is 2. The van der Waals surface area contributed by atoms with E-state index in [1.807, 2.05) is 85.8 Å². The number of hydrogen-bond acceptors (Lipinski definition) is 35. The van der Waals surface area contributed by atoms with Crippen LogP contribution in [0.2, 0.25) is 25.1 Å². The molecule has 6 N–H and O–H groups in total. The lowest BCUT2D eigenvalue weighted by Crippen LogP contribution is -2.34. The standard InChI is InChI=1S/C24H20ClN3O4.C21H25NO8.C17H16ClN3O3.C16H15ClN4O3.C13H11ClN2O2.C12H7ClN2O/c1-16(24(29)30-15-17-5-3-2-4-6-17)13-22-27-23(28-32-22)18-7-10-20(11-8-18)31-21-12-9-19(25)14-26-21;1-21(2,3)29-18(25)11-15(20(27)28-13-14-7-5-4-6-8-14)12-19(26)30-22-16(23)9-10-17(22)24;1-11(10-22)8-16-20-17(21-24-16)12-2-5-14(6-3-12)23-15-7-4-13(18)9-19-15;17-11-3-6-14(19-8-11)23-13-4-1-10(2-5-13)16-20-15(24-21-16)7-12(18)9-22;14-10-3-6-13(16-7-10)18-11-4-1-9(2-5-11)12(15)8-17;13-10-3-6-12(15-8-10)16-11-4-1-9(7-14)2-5-11/h2-12,14,16H,13,15H2,1H3;4-8,15H,9-13H2,1-3H3;2-7,9,11,22H,8,10H2,1H3;1-6,8,12,22H,7,9,18H2;1-7,15,17H,8H2;1-6,8H/t16-;15-;11-;12-;;/m0000../s1. The number of nitrogens with two attached hydrogens (primary N) is 1. The first-order valence-electron chi connectivity index (χ1n) is 44.1. The minimum Gasteiger partial charge on any atom is -0.461 e. The van der Waals surface area contributed by atoms with Gasteiger partial charge in [-0.2, -0.15) is 20.2 Å². The third-order valence-corrected chi connectivity index (χ3v) is 20.4. The third-order valence-electron chi connectivity index (χ3n) is 19.3. The van der Waals surface area contributed by atoms with Crippen LogP contribution in [0.4, 0.5) is 0 Å². The molecule has 16 rings (SSSR count). The summed E-state index contributed by atoms with van der Waals surface area (Å²) in [5, 5.41) is 58.0. The van der Waals surface area contributed by atoms with Gasteiger partial charge in [-0.25, -0.2) is 29.7 Å². The Morgan fingerprint density at radius 1 is 0.451 bits per heavy atom. The maximum atomic E-state index is 12.5. The van der Waals surface area contributed by atoms with Gasteiger partial charge < -0.3 is 82.8 Å². The van der Waals surface area contributed by atoms with Gasteiger partial charge in [-0.05, 0) is 195 Å². The van der Waals surface area contributed by atoms with Gasteiger partial charge in [0.05, 0.1) is 80.3 Å². The van der Waals surface area contributed by atoms with E-state index in [-0.39, 0.29) is 63.5 Å². The van der Waals surface area contributed by atoms with Crippen molar-refractivity contribution in [2.24, 2.45) is 23.5 Å². The molecule has 41 heteroatoms. The summed E-state index contributed by atoms with van der Waals surface area (Å²) in [7, 11) is 0. The van der Waals surface area contributed by atoms with Gasteiger partial charge in [0, 0.05) is 123 Å². The van der Waals surface area contributed by atoms with Crippen molar-refractivity contribution in [1.82, 2.24) is 60.4 Å². The molecule has 1 aliphatic heterocycles. The molecular formula is C103H94Cl5N15O21. The van der Waals surface area contributed by atoms with E-state index >= 15 is 0 Å². The monoisotopic (exact) mass is 2050 g/mol. The highest BCUT2D eigenvalue weighted by Gasteiger charge is 2.36. The van der Waals surface area contributed by atoms with Crippen LogP contribution in [0.25, 0.3) is 34.2 Å². The molecule has 0 aliphatic carbocycles. The number of rotatable bonds is 34. The number of aliphatic hydroxyl groups is 3. The number of imide groups is 1. The normalized spacial score (nSPS) is 12.1. The summed E-state index contributed by atoms with van der Waals surface area (Å²) in [6.07, 6.45) is 7.69. The van der Waals surface area contributed by atoms with Crippen molar-refractivity contribution in [3.05, 3.63) is 339 Å². The van der Waals surface area contributed by atoms with Crippen LogP contribution in [-0.2, 0) is 80.3 Å². The van der Waals surface area contributed by atoms with Gasteiger partial charge in [0.1, 0.15) is 47.6 Å². The van der Waals surface area contributed by atoms with Gasteiger partial charge >= 0.3 is 23.9 Å². The van der Waals surface area contributed by atoms with Crippen LogP contribution in [0.1, 0.15) is 100 Å². The molecule has 2 amide bonds. The number of aromatic nitrogens is 11. The highest BCUT2D eigenvalue weighted by Crippen LogP contribution is 2.32. The van der Waals surface area contributed by atoms with Crippen LogP contribution >= 0.6 is 58.0 Å². The Kier molecular flexibility index (Phi) is 41.8. The van der Waals surface area contributed by atoms with Crippen molar-refractivity contribution in [3.63, 3.8) is 0 Å². The van der Waals surface area contributed by atoms with Crippen molar-refractivity contribution >= 4 is 99.4 Å². The summed E-state index contributed by atoms with van der Waals surface area (Å²) >= 11 is 28.8. The number of ether oxygens (including phenoxy) is 8.